The zero-order valence-corrected chi connectivity index (χ0v) is 7.70. The van der Waals surface area contributed by atoms with Gasteiger partial charge in [-0.2, -0.15) is 10.4 Å². The summed E-state index contributed by atoms with van der Waals surface area (Å²) in [5.41, 5.74) is 0.631. The highest BCUT2D eigenvalue weighted by Gasteiger charge is 2.17. The Balaban J connectivity index is 2.98. The van der Waals surface area contributed by atoms with Crippen LogP contribution in [-0.2, 0) is 5.54 Å². The van der Waals surface area contributed by atoms with Gasteiger partial charge in [0.2, 0.25) is 0 Å². The van der Waals surface area contributed by atoms with Crippen LogP contribution in [0, 0.1) is 11.3 Å². The van der Waals surface area contributed by atoms with Crippen LogP contribution in [0.2, 0.25) is 0 Å². The van der Waals surface area contributed by atoms with E-state index in [4.69, 9.17) is 5.26 Å². The van der Waals surface area contributed by atoms with Crippen molar-refractivity contribution in [2.75, 3.05) is 0 Å². The summed E-state index contributed by atoms with van der Waals surface area (Å²) in [5, 5.41) is 12.7. The van der Waals surface area contributed by atoms with Crippen LogP contribution in [0.1, 0.15) is 32.8 Å². The van der Waals surface area contributed by atoms with Gasteiger partial charge in [-0.15, -0.1) is 0 Å². The first-order valence-electron chi connectivity index (χ1n) is 4.05. The Bertz CT molecular complexity index is 304. The molecule has 0 radical (unpaired) electrons. The molecule has 0 N–H and O–H groups in total. The fourth-order valence-corrected chi connectivity index (χ4v) is 0.874. The minimum Gasteiger partial charge on any atom is -0.266 e. The Kier molecular flexibility index (Phi) is 2.18. The molecule has 1 heterocycles. The Morgan fingerprint density at radius 1 is 1.67 bits per heavy atom. The van der Waals surface area contributed by atoms with E-state index in [1.165, 1.54) is 0 Å². The summed E-state index contributed by atoms with van der Waals surface area (Å²) in [7, 11) is 0. The topological polar surface area (TPSA) is 41.6 Å². The summed E-state index contributed by atoms with van der Waals surface area (Å²) in [4.78, 5) is 0. The third-order valence-electron chi connectivity index (χ3n) is 2.20. The van der Waals surface area contributed by atoms with E-state index in [1.807, 2.05) is 4.68 Å². The molecule has 12 heavy (non-hydrogen) atoms. The fourth-order valence-electron chi connectivity index (χ4n) is 0.874. The van der Waals surface area contributed by atoms with E-state index in [9.17, 15) is 0 Å². The van der Waals surface area contributed by atoms with Crippen LogP contribution in [0.25, 0.3) is 0 Å². The summed E-state index contributed by atoms with van der Waals surface area (Å²) >= 11 is 0. The van der Waals surface area contributed by atoms with Crippen LogP contribution in [0.3, 0.4) is 0 Å². The van der Waals surface area contributed by atoms with E-state index < -0.39 is 0 Å². The van der Waals surface area contributed by atoms with Crippen LogP contribution >= 0.6 is 0 Å². The molecule has 0 aliphatic rings. The molecule has 3 nitrogen and oxygen atoms in total. The van der Waals surface area contributed by atoms with Gasteiger partial charge in [0.15, 0.2) is 0 Å². The average molecular weight is 163 g/mol. The van der Waals surface area contributed by atoms with Crippen molar-refractivity contribution in [2.45, 2.75) is 32.7 Å². The third-order valence-corrected chi connectivity index (χ3v) is 2.20. The maximum atomic E-state index is 8.59. The van der Waals surface area contributed by atoms with E-state index >= 15 is 0 Å². The van der Waals surface area contributed by atoms with Crippen LogP contribution < -0.4 is 0 Å². The minimum atomic E-state index is 0.00903. The van der Waals surface area contributed by atoms with E-state index in [0.717, 1.165) is 6.42 Å². The number of rotatable bonds is 2. The second-order valence-corrected chi connectivity index (χ2v) is 3.45. The zero-order valence-electron chi connectivity index (χ0n) is 7.70. The van der Waals surface area contributed by atoms with Gasteiger partial charge < -0.3 is 0 Å². The van der Waals surface area contributed by atoms with Gasteiger partial charge in [-0.25, -0.2) is 0 Å². The van der Waals surface area contributed by atoms with E-state index in [-0.39, 0.29) is 5.54 Å². The van der Waals surface area contributed by atoms with Gasteiger partial charge in [0.05, 0.1) is 17.3 Å². The molecule has 0 atom stereocenters. The lowest BCUT2D eigenvalue weighted by atomic mass is 10.0. The molecule has 0 fully saturated rings. The average Bonchev–Trinajstić information content (AvgIpc) is 2.52. The summed E-state index contributed by atoms with van der Waals surface area (Å²) in [6.45, 7) is 6.30. The highest BCUT2D eigenvalue weighted by molar-refractivity contribution is 5.22. The predicted octanol–water partition coefficient (Wildman–Crippen LogP) is 1.90. The van der Waals surface area contributed by atoms with Gasteiger partial charge in [-0.3, -0.25) is 4.68 Å². The van der Waals surface area contributed by atoms with Gasteiger partial charge in [-0.05, 0) is 20.3 Å². The molecule has 0 aliphatic heterocycles. The van der Waals surface area contributed by atoms with Gasteiger partial charge in [0.1, 0.15) is 6.07 Å². The molecule has 64 valence electrons. The second-order valence-electron chi connectivity index (χ2n) is 3.45. The second kappa shape index (κ2) is 2.98. The number of nitriles is 1. The maximum Gasteiger partial charge on any atom is 0.102 e. The lowest BCUT2D eigenvalue weighted by molar-refractivity contribution is 0.308. The van der Waals surface area contributed by atoms with Crippen LogP contribution in [-0.4, -0.2) is 9.78 Å². The Morgan fingerprint density at radius 2 is 2.33 bits per heavy atom. The van der Waals surface area contributed by atoms with Crippen molar-refractivity contribution in [2.24, 2.45) is 0 Å². The third kappa shape index (κ3) is 1.48. The summed E-state index contributed by atoms with van der Waals surface area (Å²) in [5.74, 6) is 0. The summed E-state index contributed by atoms with van der Waals surface area (Å²) in [6.07, 6.45) is 4.38. The fraction of sp³-hybridized carbons (Fsp3) is 0.556. The normalized spacial score (nSPS) is 11.2. The van der Waals surface area contributed by atoms with Gasteiger partial charge >= 0.3 is 0 Å². The van der Waals surface area contributed by atoms with Gasteiger partial charge in [0, 0.05) is 6.20 Å². The van der Waals surface area contributed by atoms with Gasteiger partial charge in [0.25, 0.3) is 0 Å². The standard InChI is InChI=1S/C9H13N3/c1-4-9(2,3)12-7-8(5-10)6-11-12/h6-7H,4H2,1-3H3. The molecular formula is C9H13N3. The molecule has 0 aromatic carbocycles. The summed E-state index contributed by atoms with van der Waals surface area (Å²) < 4.78 is 1.84. The monoisotopic (exact) mass is 163 g/mol. The lowest BCUT2D eigenvalue weighted by Crippen LogP contribution is -2.25. The molecule has 0 bridgehead atoms. The highest BCUT2D eigenvalue weighted by Crippen LogP contribution is 2.17. The number of aromatic nitrogens is 2. The molecule has 1 aromatic heterocycles. The van der Waals surface area contributed by atoms with Crippen molar-refractivity contribution in [1.82, 2.24) is 9.78 Å². The van der Waals surface area contributed by atoms with Crippen molar-refractivity contribution in [3.05, 3.63) is 18.0 Å². The summed E-state index contributed by atoms with van der Waals surface area (Å²) in [6, 6.07) is 2.06. The quantitative estimate of drug-likeness (QED) is 0.668. The van der Waals surface area contributed by atoms with Crippen molar-refractivity contribution in [1.29, 1.82) is 5.26 Å². The number of hydrogen-bond acceptors (Lipinski definition) is 2. The molecule has 0 spiro atoms. The highest BCUT2D eigenvalue weighted by atomic mass is 15.3. The Morgan fingerprint density at radius 3 is 2.75 bits per heavy atom. The molecule has 0 amide bonds. The van der Waals surface area contributed by atoms with Gasteiger partial charge in [-0.1, -0.05) is 6.92 Å². The smallest absolute Gasteiger partial charge is 0.102 e. The molecule has 0 saturated heterocycles. The van der Waals surface area contributed by atoms with Crippen LogP contribution in [0.5, 0.6) is 0 Å². The lowest BCUT2D eigenvalue weighted by Gasteiger charge is -2.22. The zero-order chi connectivity index (χ0) is 9.19. The SMILES string of the molecule is CCC(C)(C)n1cc(C#N)cn1. The number of nitrogens with zero attached hydrogens (tertiary/aromatic N) is 3. The minimum absolute atomic E-state index is 0.00903. The Labute approximate surface area is 72.6 Å². The molecule has 3 heteroatoms. The van der Waals surface area contributed by atoms with E-state index in [0.29, 0.717) is 5.56 Å². The van der Waals surface area contributed by atoms with Crippen LogP contribution in [0.15, 0.2) is 12.4 Å². The maximum absolute atomic E-state index is 8.59. The van der Waals surface area contributed by atoms with E-state index in [1.54, 1.807) is 12.4 Å². The Hall–Kier alpha value is -1.30. The molecule has 1 aromatic rings. The molecule has 0 saturated carbocycles. The molecule has 0 aliphatic carbocycles. The van der Waals surface area contributed by atoms with Crippen molar-refractivity contribution >= 4 is 0 Å². The molecule has 1 rings (SSSR count). The largest absolute Gasteiger partial charge is 0.266 e. The number of hydrogen-bond donors (Lipinski definition) is 0. The first-order valence-corrected chi connectivity index (χ1v) is 4.05. The first kappa shape index (κ1) is 8.79. The molecular weight excluding hydrogens is 150 g/mol. The van der Waals surface area contributed by atoms with Crippen molar-refractivity contribution in [3.63, 3.8) is 0 Å². The van der Waals surface area contributed by atoms with Crippen molar-refractivity contribution < 1.29 is 0 Å². The first-order chi connectivity index (χ1) is 5.60. The van der Waals surface area contributed by atoms with Crippen molar-refractivity contribution in [3.8, 4) is 6.07 Å². The van der Waals surface area contributed by atoms with Crippen LogP contribution in [0.4, 0.5) is 0 Å². The molecule has 0 unspecified atom stereocenters. The van der Waals surface area contributed by atoms with E-state index in [2.05, 4.69) is 31.9 Å². The predicted molar refractivity (Wildman–Crippen MR) is 46.6 cm³/mol.